The van der Waals surface area contributed by atoms with Crippen molar-refractivity contribution >= 4 is 69.1 Å². The fraction of sp³-hybridized carbons (Fsp3) is 0.400. The van der Waals surface area contributed by atoms with Gasteiger partial charge in [-0.2, -0.15) is 0 Å². The number of hydrogen-bond donors (Lipinski definition) is 2. The number of carboxylic acids is 2. The molecule has 0 unspecified atom stereocenters. The van der Waals surface area contributed by atoms with Crippen LogP contribution in [-0.4, -0.2) is 79.3 Å². The third-order valence-corrected chi connectivity index (χ3v) is 0.804. The number of rotatable bonds is 4. The minimum atomic E-state index is -1.58. The molecule has 0 saturated heterocycles. The first-order valence-electron chi connectivity index (χ1n) is 2.52. The van der Waals surface area contributed by atoms with Gasteiger partial charge >= 0.3 is 11.9 Å². The minimum absolute atomic E-state index is 0. The molecule has 6 heteroatoms. The molecule has 57 valence electrons. The van der Waals surface area contributed by atoms with E-state index in [4.69, 9.17) is 10.2 Å². The molecule has 0 rings (SSSR count). The first-order chi connectivity index (χ1) is 4.54. The van der Waals surface area contributed by atoms with Crippen LogP contribution in [0.1, 0.15) is 12.8 Å². The van der Waals surface area contributed by atoms with E-state index in [1.807, 2.05) is 0 Å². The van der Waals surface area contributed by atoms with Gasteiger partial charge < -0.3 is 10.2 Å². The van der Waals surface area contributed by atoms with Crippen LogP contribution >= 0.6 is 0 Å². The van der Waals surface area contributed by atoms with E-state index in [0.717, 1.165) is 0 Å². The molecule has 0 aliphatic heterocycles. The summed E-state index contributed by atoms with van der Waals surface area (Å²) < 4.78 is 0. The SMILES string of the molecule is O=C(O)CCC(=O)C(=O)O.[K]. The predicted octanol–water partition coefficient (Wildman–Crippen LogP) is -0.876. The summed E-state index contributed by atoms with van der Waals surface area (Å²) >= 11 is 0. The molecule has 0 aromatic carbocycles. The zero-order valence-corrected chi connectivity index (χ0v) is 9.16. The summed E-state index contributed by atoms with van der Waals surface area (Å²) in [4.78, 5) is 29.7. The van der Waals surface area contributed by atoms with E-state index in [9.17, 15) is 14.4 Å². The van der Waals surface area contributed by atoms with Crippen molar-refractivity contribution in [3.63, 3.8) is 0 Å². The molecule has 0 fully saturated rings. The van der Waals surface area contributed by atoms with Gasteiger partial charge in [0.15, 0.2) is 0 Å². The average molecular weight is 185 g/mol. The second-order valence-corrected chi connectivity index (χ2v) is 1.62. The minimum Gasteiger partial charge on any atom is -0.481 e. The largest absolute Gasteiger partial charge is 0.481 e. The summed E-state index contributed by atoms with van der Waals surface area (Å²) in [7, 11) is 0. The van der Waals surface area contributed by atoms with Crippen LogP contribution in [0, 0.1) is 0 Å². The van der Waals surface area contributed by atoms with Gasteiger partial charge in [-0.25, -0.2) is 4.79 Å². The molecule has 5 nitrogen and oxygen atoms in total. The van der Waals surface area contributed by atoms with E-state index < -0.39 is 30.6 Å². The quantitative estimate of drug-likeness (QED) is 0.438. The van der Waals surface area contributed by atoms with E-state index in [2.05, 4.69) is 0 Å². The maximum absolute atomic E-state index is 10.2. The standard InChI is InChI=1S/C5H6O5.K/c6-3(5(9)10)1-2-4(7)8;/h1-2H2,(H,7,8)(H,9,10);. The van der Waals surface area contributed by atoms with Gasteiger partial charge in [-0.3, -0.25) is 9.59 Å². The topological polar surface area (TPSA) is 91.7 Å². The van der Waals surface area contributed by atoms with Crippen LogP contribution in [0.15, 0.2) is 0 Å². The van der Waals surface area contributed by atoms with Crippen molar-refractivity contribution in [1.82, 2.24) is 0 Å². The molecule has 2 N–H and O–H groups in total. The number of carboxylic acid groups (broad SMARTS) is 2. The Balaban J connectivity index is 0. The van der Waals surface area contributed by atoms with Crippen molar-refractivity contribution in [2.45, 2.75) is 12.8 Å². The van der Waals surface area contributed by atoms with Crippen LogP contribution in [-0.2, 0) is 14.4 Å². The molecule has 1 radical (unpaired) electrons. The molecule has 0 spiro atoms. The molecule has 0 bridgehead atoms. The summed E-state index contributed by atoms with van der Waals surface area (Å²) in [5.74, 6) is -3.82. The van der Waals surface area contributed by atoms with Crippen molar-refractivity contribution in [2.24, 2.45) is 0 Å². The molecule has 11 heavy (non-hydrogen) atoms. The van der Waals surface area contributed by atoms with Crippen molar-refractivity contribution in [2.75, 3.05) is 0 Å². The Labute approximate surface area is 105 Å². The van der Waals surface area contributed by atoms with Crippen LogP contribution in [0.2, 0.25) is 0 Å². The number of hydrogen-bond acceptors (Lipinski definition) is 3. The second-order valence-electron chi connectivity index (χ2n) is 1.62. The number of ketones is 1. The van der Waals surface area contributed by atoms with Crippen LogP contribution in [0.25, 0.3) is 0 Å². The van der Waals surface area contributed by atoms with Gasteiger partial charge in [-0.15, -0.1) is 0 Å². The first kappa shape index (κ1) is 13.8. The molecular weight excluding hydrogens is 179 g/mol. The van der Waals surface area contributed by atoms with Crippen LogP contribution in [0.5, 0.6) is 0 Å². The maximum Gasteiger partial charge on any atom is 0.372 e. The summed E-state index contributed by atoms with van der Waals surface area (Å²) in [5.41, 5.74) is 0. The molecule has 0 aromatic heterocycles. The van der Waals surface area contributed by atoms with Gasteiger partial charge in [-0.1, -0.05) is 0 Å². The number of Topliss-reactive ketones (excluding diaryl/α,β-unsaturated/α-hetero) is 1. The molecular formula is C5H6KO5. The van der Waals surface area contributed by atoms with E-state index in [-0.39, 0.29) is 51.4 Å². The molecule has 0 aliphatic carbocycles. The Kier molecular flexibility index (Phi) is 8.70. The van der Waals surface area contributed by atoms with E-state index in [1.54, 1.807) is 0 Å². The van der Waals surface area contributed by atoms with Gasteiger partial charge in [-0.05, 0) is 0 Å². The van der Waals surface area contributed by atoms with Crippen molar-refractivity contribution in [3.05, 3.63) is 0 Å². The van der Waals surface area contributed by atoms with Crippen molar-refractivity contribution in [1.29, 1.82) is 0 Å². The molecule has 0 saturated carbocycles. The third-order valence-electron chi connectivity index (χ3n) is 0.804. The van der Waals surface area contributed by atoms with Crippen molar-refractivity contribution < 1.29 is 24.6 Å². The van der Waals surface area contributed by atoms with Gasteiger partial charge in [0.1, 0.15) is 0 Å². The van der Waals surface area contributed by atoms with Gasteiger partial charge in [0.2, 0.25) is 5.78 Å². The number of aliphatic carboxylic acids is 2. The second kappa shape index (κ2) is 6.93. The predicted molar refractivity (Wildman–Crippen MR) is 35.3 cm³/mol. The smallest absolute Gasteiger partial charge is 0.372 e. The Hall–Kier alpha value is 0.246. The first-order valence-corrected chi connectivity index (χ1v) is 2.52. The fourth-order valence-electron chi connectivity index (χ4n) is 0.327. The molecule has 0 amide bonds. The molecule has 0 aliphatic rings. The Morgan fingerprint density at radius 3 is 1.73 bits per heavy atom. The van der Waals surface area contributed by atoms with Crippen molar-refractivity contribution in [3.8, 4) is 0 Å². The van der Waals surface area contributed by atoms with E-state index in [0.29, 0.717) is 0 Å². The van der Waals surface area contributed by atoms with E-state index >= 15 is 0 Å². The summed E-state index contributed by atoms with van der Waals surface area (Å²) in [5, 5.41) is 16.0. The number of carbonyl (C=O) groups is 3. The number of carbonyl (C=O) groups excluding carboxylic acids is 1. The summed E-state index contributed by atoms with van der Waals surface area (Å²) in [6, 6.07) is 0. The molecule has 0 heterocycles. The third kappa shape index (κ3) is 8.15. The van der Waals surface area contributed by atoms with Gasteiger partial charge in [0.05, 0.1) is 6.42 Å². The Bertz CT molecular complexity index is 176. The van der Waals surface area contributed by atoms with Crippen LogP contribution in [0.3, 0.4) is 0 Å². The Morgan fingerprint density at radius 2 is 1.45 bits per heavy atom. The maximum atomic E-state index is 10.2. The van der Waals surface area contributed by atoms with Crippen LogP contribution < -0.4 is 0 Å². The fourth-order valence-corrected chi connectivity index (χ4v) is 0.327. The normalized spacial score (nSPS) is 8.00. The van der Waals surface area contributed by atoms with Gasteiger partial charge in [0.25, 0.3) is 0 Å². The Morgan fingerprint density at radius 1 is 1.00 bits per heavy atom. The van der Waals surface area contributed by atoms with Gasteiger partial charge in [0, 0.05) is 57.8 Å². The van der Waals surface area contributed by atoms with E-state index in [1.165, 1.54) is 0 Å². The van der Waals surface area contributed by atoms with Crippen LogP contribution in [0.4, 0.5) is 0 Å². The molecule has 0 atom stereocenters. The summed E-state index contributed by atoms with van der Waals surface area (Å²) in [6.45, 7) is 0. The zero-order chi connectivity index (χ0) is 8.15. The zero-order valence-electron chi connectivity index (χ0n) is 6.03. The molecule has 0 aromatic rings. The monoisotopic (exact) mass is 185 g/mol. The summed E-state index contributed by atoms with van der Waals surface area (Å²) in [6.07, 6.45) is -0.865. The average Bonchev–Trinajstić information content (AvgIpc) is 1.82.